The Bertz CT molecular complexity index is 713. The number of benzene rings is 2. The van der Waals surface area contributed by atoms with Crippen molar-refractivity contribution in [2.45, 2.75) is 25.9 Å². The maximum absolute atomic E-state index is 12.2. The molecule has 2 aromatic carbocycles. The molecule has 4 nitrogen and oxygen atoms in total. The number of rotatable bonds is 7. The Kier molecular flexibility index (Phi) is 6.14. The summed E-state index contributed by atoms with van der Waals surface area (Å²) >= 11 is 0. The predicted molar refractivity (Wildman–Crippen MR) is 89.3 cm³/mol. The molecule has 0 heterocycles. The quantitative estimate of drug-likeness (QED) is 0.689. The van der Waals surface area contributed by atoms with Gasteiger partial charge in [-0.25, -0.2) is 0 Å². The van der Waals surface area contributed by atoms with E-state index in [2.05, 4.69) is 9.91 Å². The molecule has 0 unspecified atom stereocenters. The van der Waals surface area contributed by atoms with Crippen molar-refractivity contribution in [1.82, 2.24) is 4.90 Å². The number of nitroso groups, excluding NO2 is 1. The molecule has 134 valence electrons. The van der Waals surface area contributed by atoms with Gasteiger partial charge in [0, 0.05) is 6.54 Å². The fourth-order valence-corrected chi connectivity index (χ4v) is 2.54. The van der Waals surface area contributed by atoms with Gasteiger partial charge >= 0.3 is 6.36 Å². The van der Waals surface area contributed by atoms with Crippen LogP contribution in [0.4, 0.5) is 13.2 Å². The van der Waals surface area contributed by atoms with E-state index in [0.717, 1.165) is 22.3 Å². The van der Waals surface area contributed by atoms with Crippen molar-refractivity contribution in [3.8, 4) is 5.75 Å². The molecule has 0 saturated heterocycles. The van der Waals surface area contributed by atoms with Crippen LogP contribution < -0.4 is 4.74 Å². The Morgan fingerprint density at radius 3 is 2.20 bits per heavy atom. The summed E-state index contributed by atoms with van der Waals surface area (Å²) < 4.78 is 40.5. The zero-order valence-corrected chi connectivity index (χ0v) is 14.0. The SMILES string of the molecule is CN(C)Cc1cc(CN=O)ccc1Cc1ccc(OC(F)(F)F)cc1. The molecule has 2 rings (SSSR count). The summed E-state index contributed by atoms with van der Waals surface area (Å²) in [4.78, 5) is 12.5. The number of alkyl halides is 3. The van der Waals surface area contributed by atoms with Gasteiger partial charge < -0.3 is 9.64 Å². The van der Waals surface area contributed by atoms with Gasteiger partial charge in [-0.3, -0.25) is 0 Å². The molecule has 0 aliphatic carbocycles. The van der Waals surface area contributed by atoms with Crippen molar-refractivity contribution in [2.24, 2.45) is 5.18 Å². The van der Waals surface area contributed by atoms with Crippen molar-refractivity contribution in [1.29, 1.82) is 0 Å². The van der Waals surface area contributed by atoms with E-state index in [1.807, 2.05) is 37.2 Å². The zero-order valence-electron chi connectivity index (χ0n) is 14.0. The Hall–Kier alpha value is -2.41. The first-order valence-electron chi connectivity index (χ1n) is 7.66. The molecular weight excluding hydrogens is 333 g/mol. The van der Waals surface area contributed by atoms with E-state index in [9.17, 15) is 18.1 Å². The minimum absolute atomic E-state index is 0.115. The van der Waals surface area contributed by atoms with E-state index >= 15 is 0 Å². The number of hydrogen-bond donors (Lipinski definition) is 0. The number of ether oxygens (including phenoxy) is 1. The van der Waals surface area contributed by atoms with Crippen LogP contribution in [0.2, 0.25) is 0 Å². The molecule has 25 heavy (non-hydrogen) atoms. The Balaban J connectivity index is 2.19. The molecule has 0 aliphatic heterocycles. The molecule has 0 spiro atoms. The zero-order chi connectivity index (χ0) is 18.4. The van der Waals surface area contributed by atoms with E-state index in [1.165, 1.54) is 12.1 Å². The lowest BCUT2D eigenvalue weighted by molar-refractivity contribution is -0.274. The monoisotopic (exact) mass is 352 g/mol. The smallest absolute Gasteiger partial charge is 0.406 e. The summed E-state index contributed by atoms with van der Waals surface area (Å²) in [6.45, 7) is 0.807. The maximum Gasteiger partial charge on any atom is 0.573 e. The second-order valence-corrected chi connectivity index (χ2v) is 6.00. The van der Waals surface area contributed by atoms with E-state index in [4.69, 9.17) is 0 Å². The highest BCUT2D eigenvalue weighted by molar-refractivity contribution is 5.37. The standard InChI is InChI=1S/C18H19F3N2O2/c1-23(2)12-16-10-14(11-22-24)3-6-15(16)9-13-4-7-17(8-5-13)25-18(19,20)21/h3-8,10H,9,11-12H2,1-2H3. The number of nitrogens with zero attached hydrogens (tertiary/aromatic N) is 2. The molecule has 2 aromatic rings. The van der Waals surface area contributed by atoms with Crippen molar-refractivity contribution in [2.75, 3.05) is 14.1 Å². The van der Waals surface area contributed by atoms with E-state index in [0.29, 0.717) is 13.0 Å². The maximum atomic E-state index is 12.2. The minimum atomic E-state index is -4.69. The van der Waals surface area contributed by atoms with Gasteiger partial charge in [-0.2, -0.15) is 4.91 Å². The summed E-state index contributed by atoms with van der Waals surface area (Å²) in [6, 6.07) is 11.6. The van der Waals surface area contributed by atoms with Gasteiger partial charge in [0.1, 0.15) is 12.3 Å². The molecule has 0 saturated carbocycles. The summed E-state index contributed by atoms with van der Waals surface area (Å²) in [5, 5.41) is 2.91. The number of halogens is 3. The molecule has 7 heteroatoms. The first-order chi connectivity index (χ1) is 11.8. The summed E-state index contributed by atoms with van der Waals surface area (Å²) in [7, 11) is 3.88. The molecular formula is C18H19F3N2O2. The Morgan fingerprint density at radius 1 is 1.00 bits per heavy atom. The van der Waals surface area contributed by atoms with Gasteiger partial charge in [0.25, 0.3) is 0 Å². The average molecular weight is 352 g/mol. The van der Waals surface area contributed by atoms with Crippen molar-refractivity contribution in [3.63, 3.8) is 0 Å². The normalized spacial score (nSPS) is 11.6. The van der Waals surface area contributed by atoms with Crippen LogP contribution in [0.1, 0.15) is 22.3 Å². The topological polar surface area (TPSA) is 41.9 Å². The van der Waals surface area contributed by atoms with Crippen LogP contribution in [0, 0.1) is 4.91 Å². The summed E-state index contributed by atoms with van der Waals surface area (Å²) in [5.41, 5.74) is 3.81. The fourth-order valence-electron chi connectivity index (χ4n) is 2.54. The van der Waals surface area contributed by atoms with Gasteiger partial charge in [-0.15, -0.1) is 13.2 Å². The molecule has 0 amide bonds. The third kappa shape index (κ3) is 6.19. The molecule has 0 aliphatic rings. The van der Waals surface area contributed by atoms with Crippen molar-refractivity contribution < 1.29 is 17.9 Å². The predicted octanol–water partition coefficient (Wildman–Crippen LogP) is 4.50. The highest BCUT2D eigenvalue weighted by Crippen LogP contribution is 2.24. The number of hydrogen-bond acceptors (Lipinski definition) is 4. The Labute approximate surface area is 144 Å². The van der Waals surface area contributed by atoms with Gasteiger partial charge in [0.05, 0.1) is 0 Å². The minimum Gasteiger partial charge on any atom is -0.406 e. The van der Waals surface area contributed by atoms with E-state index in [-0.39, 0.29) is 12.3 Å². The van der Waals surface area contributed by atoms with Crippen LogP contribution in [-0.2, 0) is 19.5 Å². The molecule has 0 atom stereocenters. The Morgan fingerprint density at radius 2 is 1.64 bits per heavy atom. The molecule has 0 aromatic heterocycles. The molecule has 0 N–H and O–H groups in total. The second-order valence-electron chi connectivity index (χ2n) is 6.00. The van der Waals surface area contributed by atoms with E-state index in [1.54, 1.807) is 12.1 Å². The van der Waals surface area contributed by atoms with Crippen molar-refractivity contribution in [3.05, 3.63) is 69.6 Å². The highest BCUT2D eigenvalue weighted by Gasteiger charge is 2.30. The summed E-state index contributed by atoms with van der Waals surface area (Å²) in [5.74, 6) is -0.239. The molecule has 0 fully saturated rings. The van der Waals surface area contributed by atoms with Crippen molar-refractivity contribution >= 4 is 0 Å². The van der Waals surface area contributed by atoms with Gasteiger partial charge in [0.2, 0.25) is 0 Å². The molecule has 0 radical (unpaired) electrons. The van der Waals surface area contributed by atoms with Crippen LogP contribution >= 0.6 is 0 Å². The van der Waals surface area contributed by atoms with Gasteiger partial charge in [0.15, 0.2) is 0 Å². The lowest BCUT2D eigenvalue weighted by Gasteiger charge is -2.16. The second kappa shape index (κ2) is 8.11. The van der Waals surface area contributed by atoms with E-state index < -0.39 is 6.36 Å². The van der Waals surface area contributed by atoms with Crippen LogP contribution in [-0.4, -0.2) is 25.4 Å². The molecule has 0 bridgehead atoms. The lowest BCUT2D eigenvalue weighted by Crippen LogP contribution is -2.17. The van der Waals surface area contributed by atoms with Gasteiger partial charge in [-0.05, 0) is 54.9 Å². The van der Waals surface area contributed by atoms with Gasteiger partial charge in [-0.1, -0.05) is 35.5 Å². The largest absolute Gasteiger partial charge is 0.573 e. The first kappa shape index (κ1) is 18.9. The summed E-state index contributed by atoms with van der Waals surface area (Å²) in [6.07, 6.45) is -4.12. The van der Waals surface area contributed by atoms with Crippen LogP contribution in [0.5, 0.6) is 5.75 Å². The highest BCUT2D eigenvalue weighted by atomic mass is 19.4. The van der Waals surface area contributed by atoms with Crippen LogP contribution in [0.3, 0.4) is 0 Å². The van der Waals surface area contributed by atoms with Crippen LogP contribution in [0.15, 0.2) is 47.6 Å². The van der Waals surface area contributed by atoms with Crippen LogP contribution in [0.25, 0.3) is 0 Å². The lowest BCUT2D eigenvalue weighted by atomic mass is 9.97. The third-order valence-corrected chi connectivity index (χ3v) is 3.56. The fraction of sp³-hybridized carbons (Fsp3) is 0.333. The average Bonchev–Trinajstić information content (AvgIpc) is 2.50. The third-order valence-electron chi connectivity index (χ3n) is 3.56. The first-order valence-corrected chi connectivity index (χ1v) is 7.66.